The molecule has 1 heterocycles. The third kappa shape index (κ3) is 2.40. The number of nitrogens with two attached hydrogens (primary N) is 1. The van der Waals surface area contributed by atoms with Crippen LogP contribution in [0.2, 0.25) is 0 Å². The number of nitrogen functional groups attached to an aromatic ring is 1. The van der Waals surface area contributed by atoms with Crippen molar-refractivity contribution in [2.24, 2.45) is 0 Å². The van der Waals surface area contributed by atoms with Gasteiger partial charge in [0.15, 0.2) is 0 Å². The molecule has 1 aromatic heterocycles. The van der Waals surface area contributed by atoms with Crippen LogP contribution < -0.4 is 5.73 Å². The molecule has 4 nitrogen and oxygen atoms in total. The van der Waals surface area contributed by atoms with Crippen molar-refractivity contribution in [2.75, 3.05) is 12.8 Å². The van der Waals surface area contributed by atoms with Gasteiger partial charge in [-0.2, -0.15) is 4.39 Å². The van der Waals surface area contributed by atoms with Crippen molar-refractivity contribution in [3.05, 3.63) is 23.8 Å². The van der Waals surface area contributed by atoms with E-state index in [2.05, 4.69) is 9.72 Å². The fraction of sp³-hybridized carbons (Fsp3) is 0.250. The Morgan fingerprint density at radius 3 is 3.00 bits per heavy atom. The van der Waals surface area contributed by atoms with E-state index in [0.717, 1.165) is 6.07 Å². The maximum atomic E-state index is 12.6. The van der Waals surface area contributed by atoms with Crippen LogP contribution in [0.1, 0.15) is 5.69 Å². The maximum absolute atomic E-state index is 12.6. The van der Waals surface area contributed by atoms with Gasteiger partial charge in [0.25, 0.3) is 0 Å². The Morgan fingerprint density at radius 1 is 1.69 bits per heavy atom. The van der Waals surface area contributed by atoms with E-state index in [1.807, 2.05) is 0 Å². The molecule has 1 aromatic rings. The molecule has 70 valence electrons. The number of hydrogen-bond acceptors (Lipinski definition) is 4. The molecule has 0 atom stereocenters. The minimum atomic E-state index is -0.659. The third-order valence-electron chi connectivity index (χ3n) is 1.51. The Labute approximate surface area is 74.5 Å². The summed E-state index contributed by atoms with van der Waals surface area (Å²) in [5, 5.41) is 0. The lowest BCUT2D eigenvalue weighted by Gasteiger charge is -2.02. The van der Waals surface area contributed by atoms with Crippen molar-refractivity contribution >= 4 is 11.7 Å². The Bertz CT molecular complexity index is 328. The zero-order valence-electron chi connectivity index (χ0n) is 7.08. The van der Waals surface area contributed by atoms with Crippen LogP contribution in [0.4, 0.5) is 10.1 Å². The number of anilines is 1. The van der Waals surface area contributed by atoms with E-state index < -0.39 is 11.9 Å². The van der Waals surface area contributed by atoms with Gasteiger partial charge in [-0.05, 0) is 12.1 Å². The second kappa shape index (κ2) is 3.84. The number of esters is 1. The Kier molecular flexibility index (Phi) is 2.79. The van der Waals surface area contributed by atoms with Gasteiger partial charge in [0.1, 0.15) is 0 Å². The molecule has 0 saturated carbocycles. The quantitative estimate of drug-likeness (QED) is 0.537. The van der Waals surface area contributed by atoms with Gasteiger partial charge in [-0.15, -0.1) is 0 Å². The number of carbonyl (C=O) groups is 1. The van der Waals surface area contributed by atoms with E-state index in [-0.39, 0.29) is 17.8 Å². The summed E-state index contributed by atoms with van der Waals surface area (Å²) in [5.74, 6) is -1.15. The second-order valence-electron chi connectivity index (χ2n) is 2.42. The van der Waals surface area contributed by atoms with Gasteiger partial charge in [-0.1, -0.05) is 0 Å². The Balaban J connectivity index is 2.87. The normalized spacial score (nSPS) is 9.69. The summed E-state index contributed by atoms with van der Waals surface area (Å²) in [7, 11) is 1.25. The lowest BCUT2D eigenvalue weighted by molar-refractivity contribution is -0.139. The van der Waals surface area contributed by atoms with E-state index in [1.165, 1.54) is 13.2 Å². The monoisotopic (exact) mass is 184 g/mol. The van der Waals surface area contributed by atoms with Gasteiger partial charge < -0.3 is 10.5 Å². The Morgan fingerprint density at radius 2 is 2.38 bits per heavy atom. The molecule has 0 unspecified atom stereocenters. The van der Waals surface area contributed by atoms with E-state index in [4.69, 9.17) is 5.73 Å². The number of nitrogens with zero attached hydrogens (tertiary/aromatic N) is 1. The van der Waals surface area contributed by atoms with Crippen molar-refractivity contribution in [1.29, 1.82) is 0 Å². The molecule has 2 N–H and O–H groups in total. The van der Waals surface area contributed by atoms with Gasteiger partial charge >= 0.3 is 5.97 Å². The van der Waals surface area contributed by atoms with E-state index in [0.29, 0.717) is 0 Å². The number of carbonyl (C=O) groups excluding carboxylic acids is 1. The third-order valence-corrected chi connectivity index (χ3v) is 1.51. The van der Waals surface area contributed by atoms with Crippen LogP contribution in [0.25, 0.3) is 0 Å². The smallest absolute Gasteiger partial charge is 0.311 e. The molecule has 0 aliphatic carbocycles. The molecule has 0 bridgehead atoms. The van der Waals surface area contributed by atoms with Gasteiger partial charge in [-0.25, -0.2) is 4.98 Å². The predicted octanol–water partition coefficient (Wildman–Crippen LogP) is 0.518. The number of aromatic nitrogens is 1. The summed E-state index contributed by atoms with van der Waals surface area (Å²) in [6, 6.07) is 2.50. The summed E-state index contributed by atoms with van der Waals surface area (Å²) < 4.78 is 17.0. The van der Waals surface area contributed by atoms with Crippen LogP contribution in [0, 0.1) is 5.95 Å². The first-order chi connectivity index (χ1) is 6.13. The summed E-state index contributed by atoms with van der Waals surface area (Å²) in [4.78, 5) is 14.3. The van der Waals surface area contributed by atoms with Gasteiger partial charge in [0.05, 0.1) is 24.9 Å². The summed E-state index contributed by atoms with van der Waals surface area (Å²) in [5.41, 5.74) is 5.94. The molecule has 0 radical (unpaired) electrons. The summed E-state index contributed by atoms with van der Waals surface area (Å²) in [6.07, 6.45) is -0.111. The molecule has 0 amide bonds. The highest BCUT2D eigenvalue weighted by Gasteiger charge is 2.08. The summed E-state index contributed by atoms with van der Waals surface area (Å²) >= 11 is 0. The van der Waals surface area contributed by atoms with Crippen molar-refractivity contribution < 1.29 is 13.9 Å². The van der Waals surface area contributed by atoms with Crippen LogP contribution in [-0.4, -0.2) is 18.1 Å². The standard InChI is InChI=1S/C8H9FN2O2/c1-13-8(12)4-6-5(10)2-3-7(9)11-6/h2-3H,4,10H2,1H3. The fourth-order valence-corrected chi connectivity index (χ4v) is 0.836. The number of ether oxygens (including phenoxy) is 1. The van der Waals surface area contributed by atoms with Crippen molar-refractivity contribution in [3.8, 4) is 0 Å². The number of pyridine rings is 1. The highest BCUT2D eigenvalue weighted by atomic mass is 19.1. The molecule has 0 spiro atoms. The minimum Gasteiger partial charge on any atom is -0.469 e. The number of halogens is 1. The number of methoxy groups -OCH3 is 1. The first kappa shape index (κ1) is 9.44. The molecule has 0 saturated heterocycles. The van der Waals surface area contributed by atoms with Gasteiger partial charge in [-0.3, -0.25) is 4.79 Å². The lowest BCUT2D eigenvalue weighted by Crippen LogP contribution is -2.09. The summed E-state index contributed by atoms with van der Waals surface area (Å²) in [6.45, 7) is 0. The fourth-order valence-electron chi connectivity index (χ4n) is 0.836. The topological polar surface area (TPSA) is 65.2 Å². The van der Waals surface area contributed by atoms with Crippen molar-refractivity contribution in [1.82, 2.24) is 4.98 Å². The lowest BCUT2D eigenvalue weighted by atomic mass is 10.2. The predicted molar refractivity (Wildman–Crippen MR) is 44.3 cm³/mol. The number of rotatable bonds is 2. The molecule has 5 heteroatoms. The average Bonchev–Trinajstić information content (AvgIpc) is 2.11. The van der Waals surface area contributed by atoms with Crippen molar-refractivity contribution in [2.45, 2.75) is 6.42 Å². The highest BCUT2D eigenvalue weighted by Crippen LogP contribution is 2.10. The van der Waals surface area contributed by atoms with Crippen LogP contribution in [0.15, 0.2) is 12.1 Å². The zero-order valence-corrected chi connectivity index (χ0v) is 7.08. The van der Waals surface area contributed by atoms with Crippen LogP contribution >= 0.6 is 0 Å². The Hall–Kier alpha value is -1.65. The second-order valence-corrected chi connectivity index (χ2v) is 2.42. The minimum absolute atomic E-state index is 0.111. The maximum Gasteiger partial charge on any atom is 0.311 e. The molecule has 0 aromatic carbocycles. The van der Waals surface area contributed by atoms with Gasteiger partial charge in [0, 0.05) is 0 Å². The van der Waals surface area contributed by atoms with E-state index >= 15 is 0 Å². The molecular weight excluding hydrogens is 175 g/mol. The molecule has 0 aliphatic rings. The zero-order chi connectivity index (χ0) is 9.84. The SMILES string of the molecule is COC(=O)Cc1nc(F)ccc1N. The first-order valence-electron chi connectivity index (χ1n) is 3.61. The van der Waals surface area contributed by atoms with Gasteiger partial charge in [0.2, 0.25) is 5.95 Å². The van der Waals surface area contributed by atoms with Crippen LogP contribution in [0.3, 0.4) is 0 Å². The number of hydrogen-bond donors (Lipinski definition) is 1. The van der Waals surface area contributed by atoms with E-state index in [1.54, 1.807) is 0 Å². The molecule has 0 fully saturated rings. The van der Waals surface area contributed by atoms with Crippen LogP contribution in [0.5, 0.6) is 0 Å². The van der Waals surface area contributed by atoms with Crippen LogP contribution in [-0.2, 0) is 16.0 Å². The average molecular weight is 184 g/mol. The largest absolute Gasteiger partial charge is 0.469 e. The molecule has 1 rings (SSSR count). The van der Waals surface area contributed by atoms with Crippen molar-refractivity contribution in [3.63, 3.8) is 0 Å². The molecule has 13 heavy (non-hydrogen) atoms. The molecular formula is C8H9FN2O2. The van der Waals surface area contributed by atoms with E-state index in [9.17, 15) is 9.18 Å². The highest BCUT2D eigenvalue weighted by molar-refractivity contribution is 5.73. The molecule has 0 aliphatic heterocycles. The first-order valence-corrected chi connectivity index (χ1v) is 3.61.